The topological polar surface area (TPSA) is 156 Å². The average molecular weight is 903 g/mol. The van der Waals surface area contributed by atoms with E-state index >= 15 is 0 Å². The van der Waals surface area contributed by atoms with Gasteiger partial charge in [0.25, 0.3) is 0 Å². The summed E-state index contributed by atoms with van der Waals surface area (Å²) in [5.41, 5.74) is 0. The first kappa shape index (κ1) is 59.2. The highest BCUT2D eigenvalue weighted by molar-refractivity contribution is 6.71. The minimum Gasteiger partial charge on any atom is -0.469 e. The molecular weight excluding hydrogens is 817 g/mol. The van der Waals surface area contributed by atoms with Gasteiger partial charge in [0.05, 0.1) is 32.7 Å². The second-order valence-corrected chi connectivity index (χ2v) is 27.1. The number of methoxy groups -OCH3 is 1. The number of hydrogen-bond acceptors (Lipinski definition) is 14. The van der Waals surface area contributed by atoms with Crippen molar-refractivity contribution in [3.63, 3.8) is 0 Å². The molecule has 2 heterocycles. The molecule has 2 atom stereocenters. The van der Waals surface area contributed by atoms with Crippen LogP contribution in [-0.4, -0.2) is 135 Å². The van der Waals surface area contributed by atoms with Gasteiger partial charge in [0.2, 0.25) is 0 Å². The fraction of sp³-hybridized carbons (Fsp3) is 0.925. The zero-order chi connectivity index (χ0) is 44.1. The Labute approximate surface area is 358 Å². The normalized spacial score (nSPS) is 16.6. The van der Waals surface area contributed by atoms with E-state index in [0.717, 1.165) is 38.3 Å². The molecule has 0 saturated carbocycles. The van der Waals surface area contributed by atoms with E-state index in [-0.39, 0.29) is 18.3 Å². The van der Waals surface area contributed by atoms with Crippen molar-refractivity contribution in [1.29, 1.82) is 0 Å². The minimum absolute atomic E-state index is 0.0788. The molecule has 0 aromatic rings. The van der Waals surface area contributed by atoms with E-state index in [1.807, 2.05) is 27.9 Å². The van der Waals surface area contributed by atoms with Crippen molar-refractivity contribution in [2.45, 2.75) is 161 Å². The van der Waals surface area contributed by atoms with Gasteiger partial charge in [-0.3, -0.25) is 14.4 Å². The largest absolute Gasteiger partial charge is 0.500 e. The van der Waals surface area contributed by atoms with Crippen LogP contribution in [0.2, 0.25) is 43.8 Å². The van der Waals surface area contributed by atoms with Crippen LogP contribution in [-0.2, 0) is 64.3 Å². The Morgan fingerprint density at radius 1 is 0.707 bits per heavy atom. The molecule has 2 unspecified atom stereocenters. The average Bonchev–Trinajstić information content (AvgIpc) is 3.99. The van der Waals surface area contributed by atoms with Crippen LogP contribution >= 0.6 is 0 Å². The van der Waals surface area contributed by atoms with Gasteiger partial charge in [0.15, 0.2) is 8.32 Å². The molecule has 2 rings (SSSR count). The van der Waals surface area contributed by atoms with Crippen LogP contribution in [0.1, 0.15) is 111 Å². The molecule has 2 aliphatic rings. The van der Waals surface area contributed by atoms with Gasteiger partial charge in [0, 0.05) is 82.9 Å². The standard InChI is InChI=1S/C15H32O3Si.C13H24O6Si.C9H20O5Si.C3H10Si/c1-17-15(16)13-11-9-7-5-6-8-10-12-14-19(3,4)18-2;1-4-16-20(17-5-2,18-6-3)9-7-8-11-10-12(14)19-13(11)15;1-10-15(11-2,12-3)6-4-5-13-7-9-8-14-9;1-3-4-2/h5-14H2,1-4H3;11H,4-10H2,1-3H3;9H,4-8H2,1-3H3;3-4H2,1-2H3. The van der Waals surface area contributed by atoms with Crippen LogP contribution in [0.4, 0.5) is 0 Å². The van der Waals surface area contributed by atoms with Crippen LogP contribution in [0.25, 0.3) is 0 Å². The third-order valence-corrected chi connectivity index (χ3v) is 19.3. The van der Waals surface area contributed by atoms with Gasteiger partial charge in [0.1, 0.15) is 6.10 Å². The molecule has 2 saturated heterocycles. The van der Waals surface area contributed by atoms with E-state index in [0.29, 0.717) is 67.5 Å². The summed E-state index contributed by atoms with van der Waals surface area (Å²) < 4.78 is 58.2. The van der Waals surface area contributed by atoms with Gasteiger partial charge in [-0.15, -0.1) is 0 Å². The predicted molar refractivity (Wildman–Crippen MR) is 238 cm³/mol. The van der Waals surface area contributed by atoms with Crippen molar-refractivity contribution in [3.8, 4) is 0 Å². The summed E-state index contributed by atoms with van der Waals surface area (Å²) >= 11 is 0. The van der Waals surface area contributed by atoms with E-state index in [4.69, 9.17) is 40.5 Å². The summed E-state index contributed by atoms with van der Waals surface area (Å²) in [6, 6.07) is 4.17. The molecule has 0 N–H and O–H groups in total. The van der Waals surface area contributed by atoms with Gasteiger partial charge >= 0.3 is 35.5 Å². The van der Waals surface area contributed by atoms with Gasteiger partial charge in [-0.1, -0.05) is 64.5 Å². The Hall–Kier alpha value is -0.882. The summed E-state index contributed by atoms with van der Waals surface area (Å²) in [6.45, 7) is 18.7. The van der Waals surface area contributed by atoms with Crippen LogP contribution in [0.5, 0.6) is 0 Å². The molecule has 0 amide bonds. The van der Waals surface area contributed by atoms with Gasteiger partial charge in [-0.25, -0.2) is 0 Å². The molecule has 0 aromatic heterocycles. The van der Waals surface area contributed by atoms with E-state index in [9.17, 15) is 14.4 Å². The van der Waals surface area contributed by atoms with Gasteiger partial charge in [-0.2, -0.15) is 0 Å². The van der Waals surface area contributed by atoms with Gasteiger partial charge < -0.3 is 49.9 Å². The Balaban J connectivity index is 0. The summed E-state index contributed by atoms with van der Waals surface area (Å²) in [5.74, 6) is -1.24. The van der Waals surface area contributed by atoms with Crippen molar-refractivity contribution in [2.24, 2.45) is 5.92 Å². The van der Waals surface area contributed by atoms with E-state index in [1.165, 1.54) is 57.7 Å². The summed E-state index contributed by atoms with van der Waals surface area (Å²) in [5, 5.41) is 0. The van der Waals surface area contributed by atoms with Crippen LogP contribution < -0.4 is 0 Å². The molecule has 18 heteroatoms. The number of carbonyl (C=O) groups is 3. The number of epoxide rings is 1. The smallest absolute Gasteiger partial charge is 0.469 e. The molecule has 0 radical (unpaired) electrons. The lowest BCUT2D eigenvalue weighted by Crippen LogP contribution is -2.46. The number of cyclic esters (lactones) is 2. The number of hydrogen-bond donors (Lipinski definition) is 0. The Morgan fingerprint density at radius 2 is 1.21 bits per heavy atom. The quantitative estimate of drug-likeness (QED) is 0.0212. The third kappa shape index (κ3) is 31.9. The molecule has 2 aliphatic heterocycles. The van der Waals surface area contributed by atoms with E-state index in [2.05, 4.69) is 36.0 Å². The minimum atomic E-state index is -2.64. The maximum atomic E-state index is 11.4. The third-order valence-electron chi connectivity index (χ3n) is 9.69. The first-order valence-corrected chi connectivity index (χ1v) is 31.3. The van der Waals surface area contributed by atoms with Crippen LogP contribution in [0.15, 0.2) is 0 Å². The van der Waals surface area contributed by atoms with Gasteiger partial charge in [-0.05, 0) is 65.6 Å². The Bertz CT molecular complexity index is 975. The number of esters is 3. The Morgan fingerprint density at radius 3 is 1.62 bits per heavy atom. The molecule has 0 aliphatic carbocycles. The monoisotopic (exact) mass is 903 g/mol. The first-order valence-electron chi connectivity index (χ1n) is 21.9. The predicted octanol–water partition coefficient (Wildman–Crippen LogP) is 7.74. The second-order valence-electron chi connectivity index (χ2n) is 14.9. The first-order chi connectivity index (χ1) is 27.8. The number of rotatable bonds is 32. The van der Waals surface area contributed by atoms with Crippen molar-refractivity contribution in [3.05, 3.63) is 0 Å². The van der Waals surface area contributed by atoms with Crippen molar-refractivity contribution in [1.82, 2.24) is 0 Å². The molecule has 2 fully saturated rings. The highest BCUT2D eigenvalue weighted by atomic mass is 28.4. The van der Waals surface area contributed by atoms with Crippen molar-refractivity contribution in [2.75, 3.05) is 75.2 Å². The zero-order valence-corrected chi connectivity index (χ0v) is 43.3. The number of ether oxygens (including phenoxy) is 4. The van der Waals surface area contributed by atoms with E-state index in [1.54, 1.807) is 21.3 Å². The van der Waals surface area contributed by atoms with E-state index < -0.39 is 37.9 Å². The number of carbonyl (C=O) groups excluding carboxylic acids is 3. The summed E-state index contributed by atoms with van der Waals surface area (Å²) in [7, 11) is 2.24. The highest BCUT2D eigenvalue weighted by Crippen LogP contribution is 2.26. The molecule has 14 nitrogen and oxygen atoms in total. The SMILES string of the molecule is CCO[Si](CCCC1CC(=O)OC1=O)(OCC)OCC.CC[SiH2]C.COC(=O)CCCCCCCCCC[Si](C)(C)OC.CO[Si](CCCOCC1CO1)(OC)OC. The fourth-order valence-electron chi connectivity index (χ4n) is 5.72. The summed E-state index contributed by atoms with van der Waals surface area (Å²) in [6.07, 6.45) is 13.3. The molecule has 0 spiro atoms. The number of unbranched alkanes of at least 4 members (excludes halogenated alkanes) is 7. The highest BCUT2D eigenvalue weighted by Gasteiger charge is 2.41. The van der Waals surface area contributed by atoms with Crippen LogP contribution in [0.3, 0.4) is 0 Å². The lowest BCUT2D eigenvalue weighted by Gasteiger charge is -2.28. The molecule has 0 aromatic carbocycles. The second kappa shape index (κ2) is 37.8. The lowest BCUT2D eigenvalue weighted by atomic mass is 10.0. The zero-order valence-electron chi connectivity index (χ0n) is 38.8. The maximum Gasteiger partial charge on any atom is 0.500 e. The van der Waals surface area contributed by atoms with Crippen molar-refractivity contribution >= 4 is 53.4 Å². The van der Waals surface area contributed by atoms with Crippen LogP contribution in [0, 0.1) is 5.92 Å². The van der Waals surface area contributed by atoms with Crippen molar-refractivity contribution < 1.29 is 64.3 Å². The molecule has 0 bridgehead atoms. The molecule has 346 valence electrons. The lowest BCUT2D eigenvalue weighted by molar-refractivity contribution is -0.153. The molecular formula is C40H86O14Si4. The fourth-order valence-corrected chi connectivity index (χ4v) is 11.4. The molecule has 58 heavy (non-hydrogen) atoms. The summed E-state index contributed by atoms with van der Waals surface area (Å²) in [4.78, 5) is 33.3. The Kier molecular flexibility index (Phi) is 38.6. The maximum absolute atomic E-state index is 11.4.